The van der Waals surface area contributed by atoms with Gasteiger partial charge in [-0.05, 0) is 17.9 Å². The molecule has 1 aromatic heterocycles. The van der Waals surface area contributed by atoms with Crippen LogP contribution in [0.1, 0.15) is 12.6 Å². The van der Waals surface area contributed by atoms with Crippen molar-refractivity contribution in [1.29, 1.82) is 0 Å². The molecule has 1 aliphatic carbocycles. The average Bonchev–Trinajstić information content (AvgIpc) is 3.22. The van der Waals surface area contributed by atoms with Crippen molar-refractivity contribution in [1.82, 2.24) is 14.8 Å². The van der Waals surface area contributed by atoms with Crippen LogP contribution in [0.15, 0.2) is 18.2 Å². The van der Waals surface area contributed by atoms with Crippen molar-refractivity contribution < 1.29 is 34.4 Å². The Labute approximate surface area is 187 Å². The summed E-state index contributed by atoms with van der Waals surface area (Å²) in [7, 11) is 1.59. The molecule has 0 aromatic carbocycles. The third-order valence-electron chi connectivity index (χ3n) is 6.83. The lowest BCUT2D eigenvalue weighted by Gasteiger charge is -2.45. The van der Waals surface area contributed by atoms with Gasteiger partial charge in [-0.2, -0.15) is 0 Å². The predicted octanol–water partition coefficient (Wildman–Crippen LogP) is -0.314. The lowest BCUT2D eigenvalue weighted by atomic mass is 9.65. The molecule has 4 rings (SSSR count). The molecular weight excluding hydrogens is 418 g/mol. The van der Waals surface area contributed by atoms with Gasteiger partial charge in [-0.25, -0.2) is 4.98 Å². The van der Waals surface area contributed by atoms with Crippen molar-refractivity contribution in [3.05, 3.63) is 23.9 Å². The Bertz CT molecular complexity index is 774. The second-order valence-electron chi connectivity index (χ2n) is 8.60. The Morgan fingerprint density at radius 3 is 2.53 bits per heavy atom. The number of hydrogen-bond acceptors (Lipinski definition) is 8. The fourth-order valence-electron chi connectivity index (χ4n) is 5.27. The monoisotopic (exact) mass is 451 g/mol. The van der Waals surface area contributed by atoms with Gasteiger partial charge in [-0.3, -0.25) is 14.5 Å². The van der Waals surface area contributed by atoms with Crippen molar-refractivity contribution in [3.63, 3.8) is 0 Å². The number of pyridine rings is 1. The molecular formula is C22H33N3O7. The third kappa shape index (κ3) is 5.20. The first-order valence-electron chi connectivity index (χ1n) is 10.9. The van der Waals surface area contributed by atoms with Crippen LogP contribution >= 0.6 is 0 Å². The minimum Gasteiger partial charge on any atom is -0.483 e. The Morgan fingerprint density at radius 2 is 1.88 bits per heavy atom. The summed E-state index contributed by atoms with van der Waals surface area (Å²) in [6.07, 6.45) is -1.70. The first-order valence-corrected chi connectivity index (χ1v) is 10.9. The minimum atomic E-state index is -0.888. The average molecular weight is 452 g/mol. The highest BCUT2D eigenvalue weighted by Gasteiger charge is 2.54. The zero-order valence-corrected chi connectivity index (χ0v) is 18.5. The molecule has 6 atom stereocenters. The van der Waals surface area contributed by atoms with Crippen LogP contribution in [0.3, 0.4) is 0 Å². The number of rotatable bonds is 4. The van der Waals surface area contributed by atoms with Gasteiger partial charge < -0.3 is 29.7 Å². The smallest absolute Gasteiger partial charge is 0.290 e. The quantitative estimate of drug-likeness (QED) is 0.527. The summed E-state index contributed by atoms with van der Waals surface area (Å²) in [6.45, 7) is 5.91. The third-order valence-corrected chi connectivity index (χ3v) is 6.83. The number of aromatic nitrogens is 1. The van der Waals surface area contributed by atoms with E-state index < -0.39 is 12.2 Å². The number of methoxy groups -OCH3 is 1. The van der Waals surface area contributed by atoms with E-state index in [0.717, 1.165) is 5.69 Å². The molecule has 10 nitrogen and oxygen atoms in total. The molecule has 1 saturated carbocycles. The maximum absolute atomic E-state index is 13.3. The first kappa shape index (κ1) is 24.4. The summed E-state index contributed by atoms with van der Waals surface area (Å²) >= 11 is 0. The van der Waals surface area contributed by atoms with Crippen LogP contribution in [-0.2, 0) is 20.9 Å². The van der Waals surface area contributed by atoms with Crippen LogP contribution < -0.4 is 4.74 Å². The van der Waals surface area contributed by atoms with Crippen molar-refractivity contribution in [2.45, 2.75) is 25.7 Å². The topological polar surface area (TPSA) is 133 Å². The van der Waals surface area contributed by atoms with Gasteiger partial charge in [0.2, 0.25) is 11.8 Å². The number of ether oxygens (including phenoxy) is 2. The van der Waals surface area contributed by atoms with E-state index in [1.807, 2.05) is 30.0 Å². The van der Waals surface area contributed by atoms with Crippen molar-refractivity contribution >= 4 is 12.4 Å². The lowest BCUT2D eigenvalue weighted by Crippen LogP contribution is -2.57. The van der Waals surface area contributed by atoms with E-state index in [2.05, 4.69) is 9.88 Å². The van der Waals surface area contributed by atoms with Gasteiger partial charge in [-0.1, -0.05) is 13.0 Å². The van der Waals surface area contributed by atoms with E-state index in [0.29, 0.717) is 51.8 Å². The number of carboxylic acid groups (broad SMARTS) is 1. The van der Waals surface area contributed by atoms with Crippen LogP contribution in [0.2, 0.25) is 0 Å². The molecule has 1 amide bonds. The van der Waals surface area contributed by atoms with E-state index in [1.165, 1.54) is 0 Å². The Hall–Kier alpha value is -2.27. The second-order valence-corrected chi connectivity index (χ2v) is 8.60. The van der Waals surface area contributed by atoms with Crippen molar-refractivity contribution in [3.8, 4) is 5.88 Å². The van der Waals surface area contributed by atoms with Gasteiger partial charge >= 0.3 is 0 Å². The number of aliphatic hydroxyl groups excluding tert-OH is 2. The van der Waals surface area contributed by atoms with E-state index in [9.17, 15) is 15.0 Å². The van der Waals surface area contributed by atoms with Crippen LogP contribution in [-0.4, -0.2) is 101 Å². The number of fused-ring (bicyclic) bond motifs is 1. The molecule has 0 spiro atoms. The van der Waals surface area contributed by atoms with Gasteiger partial charge in [-0.15, -0.1) is 0 Å². The molecule has 0 bridgehead atoms. The zero-order valence-electron chi connectivity index (χ0n) is 18.5. The van der Waals surface area contributed by atoms with Crippen LogP contribution in [0.5, 0.6) is 5.88 Å². The van der Waals surface area contributed by atoms with E-state index in [1.54, 1.807) is 7.11 Å². The summed E-state index contributed by atoms with van der Waals surface area (Å²) in [5.74, 6) is -0.0194. The number of nitrogens with zero attached hydrogens (tertiary/aromatic N) is 3. The minimum absolute atomic E-state index is 0.0179. The fraction of sp³-hybridized carbons (Fsp3) is 0.682. The molecule has 178 valence electrons. The largest absolute Gasteiger partial charge is 0.483 e. The van der Waals surface area contributed by atoms with Crippen LogP contribution in [0.4, 0.5) is 0 Å². The van der Waals surface area contributed by atoms with E-state index in [-0.39, 0.29) is 36.1 Å². The standard InChI is InChI=1S/C21H31N3O5.CH2O2/c1-13-18(21(27)24-6-8-29-9-7-24)15-11-23(12-16(15)20(26)19(13)25)10-14-4-3-5-17(22-14)28-2;2-1-3/h3-5,13,15-16,18-20,25-26H,6-12H2,1-2H3;1H,(H,2,3)/t13-,15+,16+,18+,19+,20+;/m1./s1. The number of morpholine rings is 1. The lowest BCUT2D eigenvalue weighted by molar-refractivity contribution is -0.158. The van der Waals surface area contributed by atoms with Gasteiger partial charge in [0, 0.05) is 50.6 Å². The summed E-state index contributed by atoms with van der Waals surface area (Å²) in [5, 5.41) is 28.3. The number of likely N-dealkylation sites (tertiary alicyclic amines) is 1. The predicted molar refractivity (Wildman–Crippen MR) is 114 cm³/mol. The molecule has 3 fully saturated rings. The molecule has 3 N–H and O–H groups in total. The molecule has 0 unspecified atom stereocenters. The highest BCUT2D eigenvalue weighted by atomic mass is 16.5. The Morgan fingerprint density at radius 1 is 1.22 bits per heavy atom. The van der Waals surface area contributed by atoms with Crippen molar-refractivity contribution in [2.75, 3.05) is 46.5 Å². The number of aliphatic hydroxyl groups is 2. The molecule has 32 heavy (non-hydrogen) atoms. The number of carbonyl (C=O) groups is 2. The Kier molecular flexibility index (Phi) is 8.41. The van der Waals surface area contributed by atoms with E-state index >= 15 is 0 Å². The molecule has 3 heterocycles. The van der Waals surface area contributed by atoms with Gasteiger partial charge in [0.15, 0.2) is 0 Å². The molecule has 10 heteroatoms. The molecule has 1 aromatic rings. The molecule has 2 aliphatic heterocycles. The number of carbonyl (C=O) groups excluding carboxylic acids is 1. The van der Waals surface area contributed by atoms with E-state index in [4.69, 9.17) is 19.4 Å². The summed E-state index contributed by atoms with van der Waals surface area (Å²) in [5.41, 5.74) is 0.891. The molecule has 2 saturated heterocycles. The summed E-state index contributed by atoms with van der Waals surface area (Å²) < 4.78 is 10.6. The zero-order chi connectivity index (χ0) is 23.3. The fourth-order valence-corrected chi connectivity index (χ4v) is 5.27. The second kappa shape index (κ2) is 11.0. The molecule has 0 radical (unpaired) electrons. The van der Waals surface area contributed by atoms with Gasteiger partial charge in [0.05, 0.1) is 38.2 Å². The van der Waals surface area contributed by atoms with Crippen LogP contribution in [0.25, 0.3) is 0 Å². The Balaban J connectivity index is 0.000000913. The maximum Gasteiger partial charge on any atom is 0.290 e. The number of amides is 1. The normalized spacial score (nSPS) is 32.4. The highest BCUT2D eigenvalue weighted by Crippen LogP contribution is 2.44. The number of hydrogen-bond donors (Lipinski definition) is 3. The SMILES string of the molecule is COc1cccc(CN2C[C@@H]3[C@H](O)[C@@H](O)[C@H](C)[C@H](C(=O)N4CCOCC4)[C@H]3C2)n1.O=CO. The first-order chi connectivity index (χ1) is 15.4. The van der Waals surface area contributed by atoms with Crippen molar-refractivity contribution in [2.24, 2.45) is 23.7 Å². The van der Waals surface area contributed by atoms with Gasteiger partial charge in [0.25, 0.3) is 6.47 Å². The van der Waals surface area contributed by atoms with Crippen LogP contribution in [0, 0.1) is 23.7 Å². The van der Waals surface area contributed by atoms with Gasteiger partial charge in [0.1, 0.15) is 0 Å². The summed E-state index contributed by atoms with van der Waals surface area (Å²) in [6, 6.07) is 5.68. The highest BCUT2D eigenvalue weighted by molar-refractivity contribution is 5.80. The summed E-state index contributed by atoms with van der Waals surface area (Å²) in [4.78, 5) is 30.3. The molecule has 3 aliphatic rings. The maximum atomic E-state index is 13.3.